The van der Waals surface area contributed by atoms with Crippen LogP contribution in [0.2, 0.25) is 0 Å². The van der Waals surface area contributed by atoms with Crippen molar-refractivity contribution < 1.29 is 27.5 Å². The Morgan fingerprint density at radius 3 is 2.43 bits per heavy atom. The van der Waals surface area contributed by atoms with Crippen LogP contribution in [-0.2, 0) is 16.1 Å². The first kappa shape index (κ1) is 21.0. The average Bonchev–Trinajstić information content (AvgIpc) is 2.74. The highest BCUT2D eigenvalue weighted by atomic mass is 19.2. The fraction of sp³-hybridized carbons (Fsp3) is 0.200. The minimum atomic E-state index is -1.74. The highest BCUT2D eigenvalue weighted by Crippen LogP contribution is 2.20. The van der Waals surface area contributed by atoms with Crippen LogP contribution in [0.1, 0.15) is 24.3 Å². The molecule has 0 aliphatic carbocycles. The summed E-state index contributed by atoms with van der Waals surface area (Å²) in [5.74, 6) is -6.68. The Morgan fingerprint density at radius 1 is 1.10 bits per heavy atom. The van der Waals surface area contributed by atoms with Crippen molar-refractivity contribution >= 4 is 28.3 Å². The number of nitrogens with one attached hydrogen (secondary N) is 1. The molecule has 0 aliphatic rings. The zero-order valence-electron chi connectivity index (χ0n) is 15.9. The molecule has 1 aromatic heterocycles. The molecule has 0 saturated heterocycles. The Labute approximate surface area is 168 Å². The molecule has 30 heavy (non-hydrogen) atoms. The third-order valence-corrected chi connectivity index (χ3v) is 4.31. The van der Waals surface area contributed by atoms with E-state index < -0.39 is 41.1 Å². The van der Waals surface area contributed by atoms with E-state index >= 15 is 0 Å². The zero-order chi connectivity index (χ0) is 22.0. The van der Waals surface area contributed by atoms with E-state index in [0.717, 1.165) is 10.7 Å². The van der Waals surface area contributed by atoms with Gasteiger partial charge in [-0.1, -0.05) is 18.2 Å². The fourth-order valence-electron chi connectivity index (χ4n) is 2.73. The first-order valence-electron chi connectivity index (χ1n) is 8.89. The minimum absolute atomic E-state index is 0.175. The normalized spacial score (nSPS) is 11.9. The molecule has 1 atom stereocenters. The van der Waals surface area contributed by atoms with Crippen molar-refractivity contribution in [3.8, 4) is 0 Å². The van der Waals surface area contributed by atoms with E-state index in [0.29, 0.717) is 6.07 Å². The van der Waals surface area contributed by atoms with Crippen LogP contribution in [0, 0.1) is 17.5 Å². The number of nitrogens with zero attached hydrogens (tertiary/aromatic N) is 2. The highest BCUT2D eigenvalue weighted by Gasteiger charge is 2.24. The smallest absolute Gasteiger partial charge is 0.360 e. The summed E-state index contributed by atoms with van der Waals surface area (Å²) in [6, 6.07) is 7.77. The van der Waals surface area contributed by atoms with E-state index in [4.69, 9.17) is 4.74 Å². The summed E-state index contributed by atoms with van der Waals surface area (Å²) in [4.78, 5) is 37.2. The molecule has 0 bridgehead atoms. The molecule has 10 heteroatoms. The van der Waals surface area contributed by atoms with Gasteiger partial charge in [-0.3, -0.25) is 9.59 Å². The van der Waals surface area contributed by atoms with Gasteiger partial charge in [0.15, 0.2) is 29.2 Å². The van der Waals surface area contributed by atoms with Gasteiger partial charge >= 0.3 is 5.97 Å². The molecular formula is C20H16F3N3O4. The number of halogens is 3. The Hall–Kier alpha value is -3.69. The first-order chi connectivity index (χ1) is 14.2. The van der Waals surface area contributed by atoms with Crippen LogP contribution in [0.25, 0.3) is 10.8 Å². The predicted octanol–water partition coefficient (Wildman–Crippen LogP) is 3.02. The van der Waals surface area contributed by atoms with Crippen LogP contribution >= 0.6 is 0 Å². The summed E-state index contributed by atoms with van der Waals surface area (Å²) in [6.45, 7) is 3.09. The maximum Gasteiger partial charge on any atom is 0.360 e. The van der Waals surface area contributed by atoms with Gasteiger partial charge in [0, 0.05) is 11.9 Å². The second-order valence-corrected chi connectivity index (χ2v) is 6.27. The minimum Gasteiger partial charge on any atom is -0.448 e. The number of amides is 1. The zero-order valence-corrected chi connectivity index (χ0v) is 15.9. The summed E-state index contributed by atoms with van der Waals surface area (Å²) in [6.07, 6.45) is -1.42. The number of aromatic nitrogens is 2. The van der Waals surface area contributed by atoms with E-state index in [9.17, 15) is 27.6 Å². The number of rotatable bonds is 5. The van der Waals surface area contributed by atoms with E-state index in [2.05, 4.69) is 5.10 Å². The second-order valence-electron chi connectivity index (χ2n) is 6.27. The molecule has 0 radical (unpaired) electrons. The van der Waals surface area contributed by atoms with E-state index in [1.807, 2.05) is 5.32 Å². The van der Waals surface area contributed by atoms with Crippen molar-refractivity contribution in [3.63, 3.8) is 0 Å². The number of esters is 1. The number of fused-ring (bicyclic) bond motifs is 1. The molecule has 1 amide bonds. The largest absolute Gasteiger partial charge is 0.448 e. The lowest BCUT2D eigenvalue weighted by Gasteiger charge is -2.15. The third kappa shape index (κ3) is 3.88. The SMILES string of the molecule is CCn1nc(C(=O)OC(C)C(=O)Nc2ccc(F)c(F)c2F)c2ccccc2c1=O. The molecule has 0 aliphatic heterocycles. The van der Waals surface area contributed by atoms with Gasteiger partial charge in [-0.25, -0.2) is 22.6 Å². The van der Waals surface area contributed by atoms with Gasteiger partial charge in [0.1, 0.15) is 0 Å². The van der Waals surface area contributed by atoms with Gasteiger partial charge in [0.05, 0.1) is 11.1 Å². The number of anilines is 1. The molecule has 2 aromatic carbocycles. The van der Waals surface area contributed by atoms with E-state index in [1.54, 1.807) is 19.1 Å². The van der Waals surface area contributed by atoms with Gasteiger partial charge in [-0.2, -0.15) is 5.10 Å². The molecule has 1 N–H and O–H groups in total. The standard InChI is InChI=1S/C20H16F3N3O4/c1-3-26-19(28)12-7-5-4-6-11(12)17(25-26)20(29)30-10(2)18(27)24-14-9-8-13(21)15(22)16(14)23/h4-10H,3H2,1-2H3,(H,24,27). The van der Waals surface area contributed by atoms with Crippen molar-refractivity contribution in [2.75, 3.05) is 5.32 Å². The fourth-order valence-corrected chi connectivity index (χ4v) is 2.73. The van der Waals surface area contributed by atoms with Gasteiger partial charge in [0.2, 0.25) is 0 Å². The quantitative estimate of drug-likeness (QED) is 0.507. The van der Waals surface area contributed by atoms with E-state index in [-0.39, 0.29) is 28.6 Å². The molecule has 156 valence electrons. The van der Waals surface area contributed by atoms with Crippen molar-refractivity contribution in [2.45, 2.75) is 26.5 Å². The number of carbonyl (C=O) groups is 2. The number of hydrogen-bond donors (Lipinski definition) is 1. The number of hydrogen-bond acceptors (Lipinski definition) is 5. The molecular weight excluding hydrogens is 403 g/mol. The van der Waals surface area contributed by atoms with Gasteiger partial charge in [0.25, 0.3) is 11.5 Å². The average molecular weight is 419 g/mol. The Bertz CT molecular complexity index is 1210. The summed E-state index contributed by atoms with van der Waals surface area (Å²) >= 11 is 0. The summed E-state index contributed by atoms with van der Waals surface area (Å²) in [5, 5.41) is 6.53. The van der Waals surface area contributed by atoms with Crippen molar-refractivity contribution in [2.24, 2.45) is 0 Å². The van der Waals surface area contributed by atoms with Crippen LogP contribution in [0.5, 0.6) is 0 Å². The number of carbonyl (C=O) groups excluding carboxylic acids is 2. The number of benzene rings is 2. The van der Waals surface area contributed by atoms with Crippen LogP contribution in [0.4, 0.5) is 18.9 Å². The van der Waals surface area contributed by atoms with Gasteiger partial charge in [-0.15, -0.1) is 0 Å². The lowest BCUT2D eigenvalue weighted by atomic mass is 10.1. The molecule has 0 spiro atoms. The summed E-state index contributed by atoms with van der Waals surface area (Å²) < 4.78 is 46.2. The lowest BCUT2D eigenvalue weighted by molar-refractivity contribution is -0.123. The molecule has 1 unspecified atom stereocenters. The molecule has 3 rings (SSSR count). The van der Waals surface area contributed by atoms with E-state index in [1.165, 1.54) is 19.1 Å². The molecule has 1 heterocycles. The monoisotopic (exact) mass is 419 g/mol. The molecule has 3 aromatic rings. The van der Waals surface area contributed by atoms with Gasteiger partial charge in [-0.05, 0) is 32.0 Å². The Kier molecular flexibility index (Phi) is 5.86. The lowest BCUT2D eigenvalue weighted by Crippen LogP contribution is -2.32. The van der Waals surface area contributed by atoms with Gasteiger partial charge < -0.3 is 10.1 Å². The predicted molar refractivity (Wildman–Crippen MR) is 102 cm³/mol. The van der Waals surface area contributed by atoms with Crippen LogP contribution in [0.15, 0.2) is 41.2 Å². The maximum absolute atomic E-state index is 13.7. The van der Waals surface area contributed by atoms with Crippen molar-refractivity contribution in [3.05, 3.63) is 69.9 Å². The number of ether oxygens (including phenoxy) is 1. The topological polar surface area (TPSA) is 90.3 Å². The number of aryl methyl sites for hydroxylation is 1. The summed E-state index contributed by atoms with van der Waals surface area (Å²) in [5.41, 5.74) is -1.17. The molecule has 0 fully saturated rings. The Morgan fingerprint density at radius 2 is 1.77 bits per heavy atom. The molecule has 7 nitrogen and oxygen atoms in total. The summed E-state index contributed by atoms with van der Waals surface area (Å²) in [7, 11) is 0. The highest BCUT2D eigenvalue weighted by molar-refractivity contribution is 6.03. The maximum atomic E-state index is 13.7. The van der Waals surface area contributed by atoms with Crippen LogP contribution < -0.4 is 10.9 Å². The van der Waals surface area contributed by atoms with Crippen LogP contribution in [-0.4, -0.2) is 27.8 Å². The molecule has 0 saturated carbocycles. The first-order valence-corrected chi connectivity index (χ1v) is 8.89. The Balaban J connectivity index is 1.84. The van der Waals surface area contributed by atoms with Crippen molar-refractivity contribution in [1.82, 2.24) is 9.78 Å². The van der Waals surface area contributed by atoms with Crippen LogP contribution in [0.3, 0.4) is 0 Å². The van der Waals surface area contributed by atoms with Crippen molar-refractivity contribution in [1.29, 1.82) is 0 Å². The second kappa shape index (κ2) is 8.36. The third-order valence-electron chi connectivity index (χ3n) is 4.31.